The van der Waals surface area contributed by atoms with Crippen molar-refractivity contribution in [1.29, 1.82) is 0 Å². The molecule has 0 bridgehead atoms. The first-order chi connectivity index (χ1) is 11.1. The zero-order chi connectivity index (χ0) is 16.2. The molecule has 126 valence electrons. The molecule has 1 saturated carbocycles. The summed E-state index contributed by atoms with van der Waals surface area (Å²) in [7, 11) is 0. The first kappa shape index (κ1) is 16.2. The molecule has 3 rings (SSSR count). The molecule has 1 aliphatic heterocycles. The lowest BCUT2D eigenvalue weighted by Gasteiger charge is -2.37. The van der Waals surface area contributed by atoms with Crippen LogP contribution < -0.4 is 5.32 Å². The number of anilines is 1. The van der Waals surface area contributed by atoms with Crippen LogP contribution in [0.3, 0.4) is 0 Å². The molecule has 1 aliphatic carbocycles. The summed E-state index contributed by atoms with van der Waals surface area (Å²) in [6.07, 6.45) is 6.31. The van der Waals surface area contributed by atoms with Gasteiger partial charge in [-0.25, -0.2) is 4.99 Å². The molecule has 0 amide bonds. The molecule has 0 radical (unpaired) electrons. The highest BCUT2D eigenvalue weighted by Crippen LogP contribution is 2.25. The van der Waals surface area contributed by atoms with Crippen LogP contribution in [0.25, 0.3) is 0 Å². The summed E-state index contributed by atoms with van der Waals surface area (Å²) in [5.74, 6) is 2.72. The Morgan fingerprint density at radius 3 is 2.30 bits per heavy atom. The van der Waals surface area contributed by atoms with Crippen molar-refractivity contribution in [2.45, 2.75) is 52.0 Å². The Labute approximate surface area is 139 Å². The molecule has 1 aromatic rings. The fourth-order valence-electron chi connectivity index (χ4n) is 3.91. The Balaban J connectivity index is 1.79. The number of benzene rings is 1. The van der Waals surface area contributed by atoms with Crippen molar-refractivity contribution < 1.29 is 5.11 Å². The number of hydrogen-bond acceptors (Lipinski definition) is 2. The number of phenolic OH excluding ortho intramolecular Hbond substituents is 1. The summed E-state index contributed by atoms with van der Waals surface area (Å²) in [6, 6.07) is 7.72. The van der Waals surface area contributed by atoms with Crippen LogP contribution in [0.4, 0.5) is 5.69 Å². The van der Waals surface area contributed by atoms with Crippen LogP contribution in [0.1, 0.15) is 46.0 Å². The van der Waals surface area contributed by atoms with E-state index in [1.807, 2.05) is 12.1 Å². The van der Waals surface area contributed by atoms with Crippen molar-refractivity contribution >= 4 is 11.6 Å². The van der Waals surface area contributed by atoms with Gasteiger partial charge in [0.05, 0.1) is 6.04 Å². The smallest absolute Gasteiger partial charge is 0.198 e. The standard InChI is InChI=1S/C19H29N3O/c1-14-11-15(2)13-22(12-14)19(20-16-5-3-4-6-16)21-17-7-9-18(23)10-8-17/h7-10,14-16,23H,3-6,11-13H2,1-2H3,(H,20,21). The molecule has 0 spiro atoms. The third kappa shape index (κ3) is 4.40. The van der Waals surface area contributed by atoms with Gasteiger partial charge in [0.15, 0.2) is 5.96 Å². The minimum absolute atomic E-state index is 0.296. The Morgan fingerprint density at radius 2 is 1.70 bits per heavy atom. The minimum Gasteiger partial charge on any atom is -0.508 e. The first-order valence-electron chi connectivity index (χ1n) is 8.99. The van der Waals surface area contributed by atoms with E-state index in [4.69, 9.17) is 4.99 Å². The van der Waals surface area contributed by atoms with E-state index in [1.54, 1.807) is 12.1 Å². The largest absolute Gasteiger partial charge is 0.508 e. The second-order valence-electron chi connectivity index (χ2n) is 7.41. The number of aromatic hydroxyl groups is 1. The summed E-state index contributed by atoms with van der Waals surface area (Å²) in [6.45, 7) is 6.80. The topological polar surface area (TPSA) is 47.9 Å². The number of rotatable bonds is 2. The first-order valence-corrected chi connectivity index (χ1v) is 8.99. The van der Waals surface area contributed by atoms with Gasteiger partial charge >= 0.3 is 0 Å². The van der Waals surface area contributed by atoms with Gasteiger partial charge in [0.25, 0.3) is 0 Å². The number of hydrogen-bond donors (Lipinski definition) is 2. The Hall–Kier alpha value is -1.71. The van der Waals surface area contributed by atoms with Gasteiger partial charge in [-0.2, -0.15) is 0 Å². The molecule has 2 N–H and O–H groups in total. The van der Waals surface area contributed by atoms with Gasteiger partial charge in [-0.3, -0.25) is 0 Å². The maximum absolute atomic E-state index is 9.47. The van der Waals surface area contributed by atoms with Gasteiger partial charge < -0.3 is 15.3 Å². The normalized spacial score (nSPS) is 26.5. The SMILES string of the molecule is CC1CC(C)CN(C(=NC2CCCC2)Nc2ccc(O)cc2)C1. The number of likely N-dealkylation sites (tertiary alicyclic amines) is 1. The molecule has 1 saturated heterocycles. The lowest BCUT2D eigenvalue weighted by Crippen LogP contribution is -2.46. The molecule has 0 aromatic heterocycles. The summed E-state index contributed by atoms with van der Waals surface area (Å²) in [4.78, 5) is 7.48. The van der Waals surface area contributed by atoms with Crippen LogP contribution in [-0.4, -0.2) is 35.1 Å². The van der Waals surface area contributed by atoms with E-state index < -0.39 is 0 Å². The molecule has 1 aromatic carbocycles. The number of nitrogens with zero attached hydrogens (tertiary/aromatic N) is 2. The van der Waals surface area contributed by atoms with Crippen LogP contribution in [0.15, 0.2) is 29.3 Å². The quantitative estimate of drug-likeness (QED) is 0.491. The Bertz CT molecular complexity index is 524. The maximum Gasteiger partial charge on any atom is 0.198 e. The van der Waals surface area contributed by atoms with Crippen LogP contribution in [0.2, 0.25) is 0 Å². The van der Waals surface area contributed by atoms with Crippen molar-refractivity contribution in [3.8, 4) is 5.75 Å². The summed E-state index contributed by atoms with van der Waals surface area (Å²) in [5.41, 5.74) is 0.991. The van der Waals surface area contributed by atoms with Crippen molar-refractivity contribution in [2.24, 2.45) is 16.8 Å². The molecule has 1 heterocycles. The van der Waals surface area contributed by atoms with Crippen LogP contribution >= 0.6 is 0 Å². The van der Waals surface area contributed by atoms with E-state index in [2.05, 4.69) is 24.1 Å². The number of nitrogens with one attached hydrogen (secondary N) is 1. The molecule has 2 atom stereocenters. The second kappa shape index (κ2) is 7.24. The van der Waals surface area contributed by atoms with Crippen LogP contribution in [0.5, 0.6) is 5.75 Å². The van der Waals surface area contributed by atoms with Gasteiger partial charge in [-0.15, -0.1) is 0 Å². The van der Waals surface area contributed by atoms with E-state index in [9.17, 15) is 5.11 Å². The Morgan fingerprint density at radius 1 is 1.09 bits per heavy atom. The Kier molecular flexibility index (Phi) is 5.09. The minimum atomic E-state index is 0.296. The zero-order valence-corrected chi connectivity index (χ0v) is 14.3. The lowest BCUT2D eigenvalue weighted by atomic mass is 9.92. The third-order valence-electron chi connectivity index (χ3n) is 4.92. The number of piperidine rings is 1. The van der Waals surface area contributed by atoms with Crippen LogP contribution in [0, 0.1) is 11.8 Å². The van der Waals surface area contributed by atoms with E-state index >= 15 is 0 Å². The summed E-state index contributed by atoms with van der Waals surface area (Å²) in [5, 5.41) is 13.0. The third-order valence-corrected chi connectivity index (χ3v) is 4.92. The van der Waals surface area contributed by atoms with Gasteiger partial charge in [0.1, 0.15) is 5.75 Å². The summed E-state index contributed by atoms with van der Waals surface area (Å²) < 4.78 is 0. The lowest BCUT2D eigenvalue weighted by molar-refractivity contribution is 0.212. The van der Waals surface area contributed by atoms with Crippen molar-refractivity contribution in [3.05, 3.63) is 24.3 Å². The molecule has 23 heavy (non-hydrogen) atoms. The predicted octanol–water partition coefficient (Wildman–Crippen LogP) is 4.08. The highest BCUT2D eigenvalue weighted by Gasteiger charge is 2.25. The average Bonchev–Trinajstić information content (AvgIpc) is 3.01. The number of guanidine groups is 1. The van der Waals surface area contributed by atoms with Crippen molar-refractivity contribution in [1.82, 2.24) is 4.90 Å². The van der Waals surface area contributed by atoms with E-state index in [1.165, 1.54) is 32.1 Å². The van der Waals surface area contributed by atoms with Crippen molar-refractivity contribution in [3.63, 3.8) is 0 Å². The zero-order valence-electron chi connectivity index (χ0n) is 14.3. The maximum atomic E-state index is 9.47. The number of aliphatic imine (C=N–C) groups is 1. The average molecular weight is 315 g/mol. The second-order valence-corrected chi connectivity index (χ2v) is 7.41. The fourth-order valence-corrected chi connectivity index (χ4v) is 3.91. The molecule has 2 fully saturated rings. The molecule has 4 heteroatoms. The van der Waals surface area contributed by atoms with Crippen LogP contribution in [-0.2, 0) is 0 Å². The monoisotopic (exact) mass is 315 g/mol. The fraction of sp³-hybridized carbons (Fsp3) is 0.632. The van der Waals surface area contributed by atoms with Crippen molar-refractivity contribution in [2.75, 3.05) is 18.4 Å². The van der Waals surface area contributed by atoms with Gasteiger partial charge in [0.2, 0.25) is 0 Å². The molecule has 4 nitrogen and oxygen atoms in total. The highest BCUT2D eigenvalue weighted by molar-refractivity contribution is 5.94. The molecule has 2 unspecified atom stereocenters. The molecule has 2 aliphatic rings. The molecular weight excluding hydrogens is 286 g/mol. The van der Waals surface area contributed by atoms with E-state index in [-0.39, 0.29) is 0 Å². The number of phenols is 1. The highest BCUT2D eigenvalue weighted by atomic mass is 16.3. The summed E-state index contributed by atoms with van der Waals surface area (Å²) >= 11 is 0. The van der Waals surface area contributed by atoms with Gasteiger partial charge in [-0.1, -0.05) is 26.7 Å². The predicted molar refractivity (Wildman–Crippen MR) is 95.9 cm³/mol. The molecular formula is C19H29N3O. The van der Waals surface area contributed by atoms with E-state index in [0.717, 1.165) is 24.7 Å². The van der Waals surface area contributed by atoms with E-state index in [0.29, 0.717) is 23.6 Å². The van der Waals surface area contributed by atoms with Gasteiger partial charge in [0, 0.05) is 18.8 Å². The van der Waals surface area contributed by atoms with Gasteiger partial charge in [-0.05, 0) is 55.4 Å².